The largest absolute Gasteiger partial charge is 0.497 e. The summed E-state index contributed by atoms with van der Waals surface area (Å²) in [6.07, 6.45) is 0.107. The number of fused-ring (bicyclic) bond motifs is 2. The average Bonchev–Trinajstić information content (AvgIpc) is 3.60. The van der Waals surface area contributed by atoms with Crippen LogP contribution in [0.1, 0.15) is 42.4 Å². The topological polar surface area (TPSA) is 94.2 Å². The summed E-state index contributed by atoms with van der Waals surface area (Å²) in [5.41, 5.74) is 1.47. The van der Waals surface area contributed by atoms with E-state index in [9.17, 15) is 26.4 Å². The van der Waals surface area contributed by atoms with Gasteiger partial charge in [-0.15, -0.1) is 0 Å². The van der Waals surface area contributed by atoms with Gasteiger partial charge in [-0.3, -0.25) is 4.90 Å². The molecule has 3 aromatic rings. The normalized spacial score (nSPS) is 15.8. The lowest BCUT2D eigenvalue weighted by atomic mass is 9.79. The standard InChI is InChI=1S/C32H35F3N2O6S/c1-41-14-15-43-29-18-24(44(3,39)40)9-6-22(29)19-36-30(38)37-20-31(12-4-5-13-31)27-16-21(7-11-28(27)37)25-10-8-23(42-2)17-26(25)32(33,34)35/h6-11,16-18H,4-5,12-15,19-20H2,1-3H3,(H,36,38). The molecule has 0 unspecified atom stereocenters. The molecule has 1 aliphatic heterocycles. The third-order valence-electron chi connectivity index (χ3n) is 8.41. The van der Waals surface area contributed by atoms with Crippen LogP contribution in [0.15, 0.2) is 59.5 Å². The van der Waals surface area contributed by atoms with E-state index in [-0.39, 0.29) is 40.8 Å². The number of halogens is 3. The third kappa shape index (κ3) is 6.37. The number of carbonyl (C=O) groups excluding carboxylic acids is 1. The second-order valence-corrected chi connectivity index (χ2v) is 13.3. The van der Waals surface area contributed by atoms with Gasteiger partial charge >= 0.3 is 12.2 Å². The number of carbonyl (C=O) groups is 1. The number of hydrogen-bond acceptors (Lipinski definition) is 6. The van der Waals surface area contributed by atoms with E-state index in [2.05, 4.69) is 5.32 Å². The Morgan fingerprint density at radius 1 is 1.00 bits per heavy atom. The molecule has 0 atom stereocenters. The molecule has 5 rings (SSSR count). The van der Waals surface area contributed by atoms with Gasteiger partial charge in [-0.05, 0) is 65.9 Å². The van der Waals surface area contributed by atoms with Crippen LogP contribution >= 0.6 is 0 Å². The van der Waals surface area contributed by atoms with Crippen molar-refractivity contribution in [1.29, 1.82) is 0 Å². The summed E-state index contributed by atoms with van der Waals surface area (Å²) in [5.74, 6) is 0.444. The number of methoxy groups -OCH3 is 2. The molecular formula is C32H35F3N2O6S. The molecule has 0 radical (unpaired) electrons. The third-order valence-corrected chi connectivity index (χ3v) is 9.52. The molecule has 3 aromatic carbocycles. The number of urea groups is 1. The van der Waals surface area contributed by atoms with Gasteiger partial charge in [0.15, 0.2) is 9.84 Å². The van der Waals surface area contributed by atoms with Gasteiger partial charge in [0, 0.05) is 43.1 Å². The number of nitrogens with one attached hydrogen (secondary N) is 1. The highest BCUT2D eigenvalue weighted by atomic mass is 32.2. The monoisotopic (exact) mass is 632 g/mol. The van der Waals surface area contributed by atoms with Crippen molar-refractivity contribution in [1.82, 2.24) is 5.32 Å². The molecule has 1 fully saturated rings. The summed E-state index contributed by atoms with van der Waals surface area (Å²) < 4.78 is 82.2. The first-order valence-electron chi connectivity index (χ1n) is 14.3. The lowest BCUT2D eigenvalue weighted by Gasteiger charge is -2.25. The number of rotatable bonds is 9. The van der Waals surface area contributed by atoms with Gasteiger partial charge in [-0.2, -0.15) is 13.2 Å². The van der Waals surface area contributed by atoms with Crippen LogP contribution in [-0.2, 0) is 32.7 Å². The van der Waals surface area contributed by atoms with Crippen LogP contribution in [0, 0.1) is 0 Å². The summed E-state index contributed by atoms with van der Waals surface area (Å²) >= 11 is 0. The van der Waals surface area contributed by atoms with Crippen LogP contribution in [0.4, 0.5) is 23.7 Å². The first-order valence-corrected chi connectivity index (χ1v) is 16.2. The minimum Gasteiger partial charge on any atom is -0.497 e. The maximum atomic E-state index is 14.0. The highest BCUT2D eigenvalue weighted by Crippen LogP contribution is 2.52. The van der Waals surface area contributed by atoms with E-state index in [0.717, 1.165) is 43.6 Å². The van der Waals surface area contributed by atoms with Crippen LogP contribution in [0.2, 0.25) is 0 Å². The maximum absolute atomic E-state index is 14.0. The fourth-order valence-electron chi connectivity index (χ4n) is 6.18. The van der Waals surface area contributed by atoms with Crippen molar-refractivity contribution in [2.75, 3.05) is 45.1 Å². The number of amides is 2. The lowest BCUT2D eigenvalue weighted by molar-refractivity contribution is -0.137. The summed E-state index contributed by atoms with van der Waals surface area (Å²) in [6.45, 7) is 0.975. The van der Waals surface area contributed by atoms with Crippen molar-refractivity contribution in [3.8, 4) is 22.6 Å². The predicted molar refractivity (Wildman–Crippen MR) is 160 cm³/mol. The number of ether oxygens (including phenoxy) is 3. The summed E-state index contributed by atoms with van der Waals surface area (Å²) in [7, 11) is -0.624. The molecule has 8 nitrogen and oxygen atoms in total. The SMILES string of the molecule is COCCOc1cc(S(C)(=O)=O)ccc1CNC(=O)N1CC2(CCCC2)c2cc(-c3ccc(OC)cc3C(F)(F)F)ccc21. The predicted octanol–water partition coefficient (Wildman–Crippen LogP) is 6.35. The summed E-state index contributed by atoms with van der Waals surface area (Å²) in [4.78, 5) is 15.4. The Morgan fingerprint density at radius 3 is 2.41 bits per heavy atom. The molecule has 0 aromatic heterocycles. The fourth-order valence-corrected chi connectivity index (χ4v) is 6.82. The van der Waals surface area contributed by atoms with Crippen LogP contribution < -0.4 is 19.7 Å². The zero-order valence-corrected chi connectivity index (χ0v) is 25.6. The van der Waals surface area contributed by atoms with Gasteiger partial charge < -0.3 is 19.5 Å². The van der Waals surface area contributed by atoms with Gasteiger partial charge in [0.25, 0.3) is 0 Å². The molecule has 12 heteroatoms. The molecule has 1 spiro atoms. The Hall–Kier alpha value is -3.77. The number of nitrogens with zero attached hydrogens (tertiary/aromatic N) is 1. The minimum absolute atomic E-state index is 0.0516. The van der Waals surface area contributed by atoms with Crippen LogP contribution in [0.3, 0.4) is 0 Å². The zero-order valence-electron chi connectivity index (χ0n) is 24.8. The van der Waals surface area contributed by atoms with E-state index in [1.165, 1.54) is 38.5 Å². The van der Waals surface area contributed by atoms with Gasteiger partial charge in [-0.1, -0.05) is 31.0 Å². The molecular weight excluding hydrogens is 597 g/mol. The maximum Gasteiger partial charge on any atom is 0.417 e. The molecule has 44 heavy (non-hydrogen) atoms. The molecule has 2 aliphatic rings. The summed E-state index contributed by atoms with van der Waals surface area (Å²) in [6, 6.07) is 13.2. The molecule has 0 bridgehead atoms. The van der Waals surface area contributed by atoms with E-state index in [4.69, 9.17) is 14.2 Å². The molecule has 1 aliphatic carbocycles. The van der Waals surface area contributed by atoms with E-state index < -0.39 is 21.6 Å². The molecule has 0 saturated heterocycles. The molecule has 2 amide bonds. The van der Waals surface area contributed by atoms with E-state index >= 15 is 0 Å². The number of benzene rings is 3. The average molecular weight is 633 g/mol. The van der Waals surface area contributed by atoms with Gasteiger partial charge in [0.1, 0.15) is 18.1 Å². The molecule has 1 heterocycles. The number of sulfone groups is 1. The smallest absolute Gasteiger partial charge is 0.417 e. The van der Waals surface area contributed by atoms with Crippen molar-refractivity contribution >= 4 is 21.6 Å². The summed E-state index contributed by atoms with van der Waals surface area (Å²) in [5, 5.41) is 2.93. The Kier molecular flexibility index (Phi) is 8.86. The van der Waals surface area contributed by atoms with Gasteiger partial charge in [0.2, 0.25) is 0 Å². The minimum atomic E-state index is -4.58. The Bertz CT molecular complexity index is 1650. The second-order valence-electron chi connectivity index (χ2n) is 11.3. The highest BCUT2D eigenvalue weighted by molar-refractivity contribution is 7.90. The van der Waals surface area contributed by atoms with Crippen molar-refractivity contribution in [2.24, 2.45) is 0 Å². The Morgan fingerprint density at radius 2 is 1.75 bits per heavy atom. The first-order chi connectivity index (χ1) is 20.9. The zero-order chi connectivity index (χ0) is 31.7. The first kappa shape index (κ1) is 31.6. The van der Waals surface area contributed by atoms with Crippen molar-refractivity contribution in [2.45, 2.75) is 48.7 Å². The number of alkyl halides is 3. The van der Waals surface area contributed by atoms with E-state index in [0.29, 0.717) is 35.7 Å². The lowest BCUT2D eigenvalue weighted by Crippen LogP contribution is -2.41. The van der Waals surface area contributed by atoms with Crippen molar-refractivity contribution in [3.63, 3.8) is 0 Å². The number of anilines is 1. The Balaban J connectivity index is 1.44. The second kappa shape index (κ2) is 12.3. The van der Waals surface area contributed by atoms with Gasteiger partial charge in [0.05, 0.1) is 24.2 Å². The highest BCUT2D eigenvalue weighted by Gasteiger charge is 2.46. The van der Waals surface area contributed by atoms with Crippen molar-refractivity contribution < 1.29 is 40.6 Å². The van der Waals surface area contributed by atoms with Crippen molar-refractivity contribution in [3.05, 3.63) is 71.3 Å². The molecule has 1 N–H and O–H groups in total. The van der Waals surface area contributed by atoms with Crippen LogP contribution in [0.25, 0.3) is 11.1 Å². The Labute approximate surface area is 255 Å². The van der Waals surface area contributed by atoms with Crippen LogP contribution in [0.5, 0.6) is 11.5 Å². The van der Waals surface area contributed by atoms with E-state index in [1.807, 2.05) is 0 Å². The van der Waals surface area contributed by atoms with Crippen LogP contribution in [-0.4, -0.2) is 54.7 Å². The fraction of sp³-hybridized carbons (Fsp3) is 0.406. The molecule has 1 saturated carbocycles. The molecule has 236 valence electrons. The van der Waals surface area contributed by atoms with E-state index in [1.54, 1.807) is 29.2 Å². The van der Waals surface area contributed by atoms with Gasteiger partial charge in [-0.25, -0.2) is 13.2 Å². The quantitative estimate of drug-likeness (QED) is 0.277. The number of hydrogen-bond donors (Lipinski definition) is 1.